The van der Waals surface area contributed by atoms with Crippen LogP contribution in [0.3, 0.4) is 0 Å². The van der Waals surface area contributed by atoms with Gasteiger partial charge in [0, 0.05) is 14.1 Å². The van der Waals surface area contributed by atoms with E-state index in [0.717, 1.165) is 0 Å². The molecule has 0 saturated carbocycles. The number of amides is 2. The Balaban J connectivity index is 2.05. The molecule has 2 aromatic rings. The Morgan fingerprint density at radius 2 is 1.69 bits per heavy atom. The minimum Gasteiger partial charge on any atom is -0.483 e. The Hall–Kier alpha value is -3.23. The zero-order chi connectivity index (χ0) is 21.6. The summed E-state index contributed by atoms with van der Waals surface area (Å²) < 4.78 is 46.0. The second-order valence-electron chi connectivity index (χ2n) is 6.38. The third-order valence-corrected chi connectivity index (χ3v) is 3.94. The highest BCUT2D eigenvalue weighted by atomic mass is 19.4. The Morgan fingerprint density at radius 1 is 1.07 bits per heavy atom. The largest absolute Gasteiger partial charge is 0.573 e. The Labute approximate surface area is 166 Å². The van der Waals surface area contributed by atoms with E-state index < -0.39 is 18.3 Å². The molecule has 0 saturated heterocycles. The van der Waals surface area contributed by atoms with Crippen molar-refractivity contribution in [1.82, 2.24) is 10.2 Å². The van der Waals surface area contributed by atoms with Crippen LogP contribution in [-0.2, 0) is 4.79 Å². The van der Waals surface area contributed by atoms with Gasteiger partial charge in [0.15, 0.2) is 6.61 Å². The van der Waals surface area contributed by atoms with E-state index in [0.29, 0.717) is 5.56 Å². The topological polar surface area (TPSA) is 67.9 Å². The zero-order valence-corrected chi connectivity index (χ0v) is 16.1. The third-order valence-electron chi connectivity index (χ3n) is 3.94. The number of carbonyl (C=O) groups excluding carboxylic acids is 2. The van der Waals surface area contributed by atoms with Gasteiger partial charge < -0.3 is 19.7 Å². The highest BCUT2D eigenvalue weighted by molar-refractivity contribution is 5.97. The number of hydrogen-bond donors (Lipinski definition) is 1. The predicted octanol–water partition coefficient (Wildman–Crippen LogP) is 3.54. The van der Waals surface area contributed by atoms with Crippen LogP contribution in [0.25, 0.3) is 0 Å². The van der Waals surface area contributed by atoms with Crippen LogP contribution in [0.4, 0.5) is 13.2 Å². The van der Waals surface area contributed by atoms with Gasteiger partial charge in [-0.3, -0.25) is 9.59 Å². The standard InChI is InChI=1S/C20H21F3N2O4/c1-13(14-8-10-15(11-9-14)29-20(21,22)23)24-19(27)16-6-4-5-7-17(16)28-12-18(26)25(2)3/h4-11,13H,12H2,1-3H3,(H,24,27). The fourth-order valence-corrected chi connectivity index (χ4v) is 2.36. The van der Waals surface area contributed by atoms with Crippen molar-refractivity contribution in [2.75, 3.05) is 20.7 Å². The number of carbonyl (C=O) groups is 2. The molecule has 156 valence electrons. The van der Waals surface area contributed by atoms with Crippen molar-refractivity contribution in [3.63, 3.8) is 0 Å². The first-order valence-electron chi connectivity index (χ1n) is 8.65. The maximum absolute atomic E-state index is 12.6. The number of nitrogens with one attached hydrogen (secondary N) is 1. The minimum atomic E-state index is -4.76. The lowest BCUT2D eigenvalue weighted by Crippen LogP contribution is -2.29. The van der Waals surface area contributed by atoms with Gasteiger partial charge in [0.05, 0.1) is 11.6 Å². The summed E-state index contributed by atoms with van der Waals surface area (Å²) in [5.74, 6) is -0.791. The molecule has 2 amide bonds. The van der Waals surface area contributed by atoms with E-state index in [4.69, 9.17) is 4.74 Å². The SMILES string of the molecule is CC(NC(=O)c1ccccc1OCC(=O)N(C)C)c1ccc(OC(F)(F)F)cc1. The average molecular weight is 410 g/mol. The van der Waals surface area contributed by atoms with E-state index >= 15 is 0 Å². The van der Waals surface area contributed by atoms with Gasteiger partial charge >= 0.3 is 6.36 Å². The second kappa shape index (κ2) is 9.31. The number of nitrogens with zero attached hydrogens (tertiary/aromatic N) is 1. The number of benzene rings is 2. The van der Waals surface area contributed by atoms with Crippen molar-refractivity contribution in [1.29, 1.82) is 0 Å². The molecule has 1 atom stereocenters. The van der Waals surface area contributed by atoms with E-state index in [-0.39, 0.29) is 29.6 Å². The summed E-state index contributed by atoms with van der Waals surface area (Å²) in [5, 5.41) is 2.75. The summed E-state index contributed by atoms with van der Waals surface area (Å²) in [7, 11) is 3.19. The summed E-state index contributed by atoms with van der Waals surface area (Å²) in [6, 6.07) is 11.2. The quantitative estimate of drug-likeness (QED) is 0.758. The number of alkyl halides is 3. The maximum atomic E-state index is 12.6. The Morgan fingerprint density at radius 3 is 2.28 bits per heavy atom. The summed E-state index contributed by atoms with van der Waals surface area (Å²) in [5.41, 5.74) is 0.831. The van der Waals surface area contributed by atoms with Crippen molar-refractivity contribution in [3.05, 3.63) is 59.7 Å². The molecule has 0 aromatic heterocycles. The summed E-state index contributed by atoms with van der Waals surface area (Å²) in [6.45, 7) is 1.48. The minimum absolute atomic E-state index is 0.215. The third kappa shape index (κ3) is 6.70. The van der Waals surface area contributed by atoms with Gasteiger partial charge in [0.1, 0.15) is 11.5 Å². The Bertz CT molecular complexity index is 852. The lowest BCUT2D eigenvalue weighted by Gasteiger charge is -2.17. The number of para-hydroxylation sites is 1. The molecule has 2 aromatic carbocycles. The summed E-state index contributed by atoms with van der Waals surface area (Å²) in [4.78, 5) is 25.7. The van der Waals surface area contributed by atoms with E-state index in [1.165, 1.54) is 29.2 Å². The van der Waals surface area contributed by atoms with Gasteiger partial charge in [-0.25, -0.2) is 0 Å². The van der Waals surface area contributed by atoms with Crippen LogP contribution >= 0.6 is 0 Å². The van der Waals surface area contributed by atoms with E-state index in [9.17, 15) is 22.8 Å². The van der Waals surface area contributed by atoms with Gasteiger partial charge in [-0.15, -0.1) is 13.2 Å². The molecule has 0 radical (unpaired) electrons. The van der Waals surface area contributed by atoms with Crippen LogP contribution < -0.4 is 14.8 Å². The zero-order valence-electron chi connectivity index (χ0n) is 16.1. The van der Waals surface area contributed by atoms with Crippen LogP contribution in [-0.4, -0.2) is 43.8 Å². The molecule has 0 fully saturated rings. The molecule has 0 aliphatic heterocycles. The van der Waals surface area contributed by atoms with Gasteiger partial charge in [0.25, 0.3) is 11.8 Å². The first kappa shape index (κ1) is 22.1. The molecule has 2 rings (SSSR count). The molecular formula is C20H21F3N2O4. The normalized spacial score (nSPS) is 12.1. The number of halogens is 3. The smallest absolute Gasteiger partial charge is 0.483 e. The highest BCUT2D eigenvalue weighted by Gasteiger charge is 2.31. The lowest BCUT2D eigenvalue weighted by molar-refractivity contribution is -0.274. The second-order valence-corrected chi connectivity index (χ2v) is 6.38. The summed E-state index contributed by atoms with van der Waals surface area (Å²) in [6.07, 6.45) is -4.76. The van der Waals surface area contributed by atoms with Gasteiger partial charge in [-0.1, -0.05) is 24.3 Å². The molecule has 1 unspecified atom stereocenters. The van der Waals surface area contributed by atoms with Crippen molar-refractivity contribution in [2.24, 2.45) is 0 Å². The summed E-state index contributed by atoms with van der Waals surface area (Å²) >= 11 is 0. The maximum Gasteiger partial charge on any atom is 0.573 e. The van der Waals surface area contributed by atoms with Crippen molar-refractivity contribution >= 4 is 11.8 Å². The molecule has 0 aliphatic carbocycles. The molecular weight excluding hydrogens is 389 g/mol. The molecule has 6 nitrogen and oxygen atoms in total. The molecule has 0 aliphatic rings. The van der Waals surface area contributed by atoms with E-state index in [1.807, 2.05) is 0 Å². The number of ether oxygens (including phenoxy) is 2. The first-order valence-corrected chi connectivity index (χ1v) is 8.65. The van der Waals surface area contributed by atoms with Crippen LogP contribution in [0, 0.1) is 0 Å². The van der Waals surface area contributed by atoms with Crippen LogP contribution in [0.5, 0.6) is 11.5 Å². The molecule has 0 heterocycles. The predicted molar refractivity (Wildman–Crippen MR) is 99.6 cm³/mol. The monoisotopic (exact) mass is 410 g/mol. The molecule has 29 heavy (non-hydrogen) atoms. The number of hydrogen-bond acceptors (Lipinski definition) is 4. The Kier molecular flexibility index (Phi) is 7.08. The molecule has 9 heteroatoms. The van der Waals surface area contributed by atoms with Crippen molar-refractivity contribution < 1.29 is 32.2 Å². The molecule has 0 spiro atoms. The number of rotatable bonds is 7. The van der Waals surface area contributed by atoms with Crippen LogP contribution in [0.2, 0.25) is 0 Å². The molecule has 0 bridgehead atoms. The van der Waals surface area contributed by atoms with E-state index in [2.05, 4.69) is 10.1 Å². The lowest BCUT2D eigenvalue weighted by atomic mass is 10.1. The molecule has 1 N–H and O–H groups in total. The fraction of sp³-hybridized carbons (Fsp3) is 0.300. The fourth-order valence-electron chi connectivity index (χ4n) is 2.36. The van der Waals surface area contributed by atoms with Crippen molar-refractivity contribution in [2.45, 2.75) is 19.3 Å². The van der Waals surface area contributed by atoms with Crippen molar-refractivity contribution in [3.8, 4) is 11.5 Å². The first-order chi connectivity index (χ1) is 13.6. The van der Waals surface area contributed by atoms with Gasteiger partial charge in [-0.2, -0.15) is 0 Å². The van der Waals surface area contributed by atoms with Crippen LogP contribution in [0.15, 0.2) is 48.5 Å². The highest BCUT2D eigenvalue weighted by Crippen LogP contribution is 2.25. The van der Waals surface area contributed by atoms with E-state index in [1.54, 1.807) is 45.3 Å². The van der Waals surface area contributed by atoms with Gasteiger partial charge in [-0.05, 0) is 36.8 Å². The van der Waals surface area contributed by atoms with Crippen LogP contribution in [0.1, 0.15) is 28.9 Å². The average Bonchev–Trinajstić information content (AvgIpc) is 2.65. The number of likely N-dealkylation sites (N-methyl/N-ethyl adjacent to an activating group) is 1. The van der Waals surface area contributed by atoms with Gasteiger partial charge in [0.2, 0.25) is 0 Å².